The van der Waals surface area contributed by atoms with E-state index in [-0.39, 0.29) is 11.6 Å². The van der Waals surface area contributed by atoms with Crippen molar-refractivity contribution in [2.24, 2.45) is 0 Å². The molecule has 156 valence electrons. The second kappa shape index (κ2) is 7.67. The van der Waals surface area contributed by atoms with Gasteiger partial charge in [-0.15, -0.1) is 0 Å². The van der Waals surface area contributed by atoms with Crippen molar-refractivity contribution in [3.63, 3.8) is 0 Å². The summed E-state index contributed by atoms with van der Waals surface area (Å²) in [6, 6.07) is 13.6. The molecule has 1 aliphatic rings. The smallest absolute Gasteiger partial charge is 0.265 e. The second-order valence-corrected chi connectivity index (χ2v) is 7.24. The van der Waals surface area contributed by atoms with Gasteiger partial charge in [-0.2, -0.15) is 0 Å². The highest BCUT2D eigenvalue weighted by molar-refractivity contribution is 6.12. The Labute approximate surface area is 177 Å². The van der Waals surface area contributed by atoms with Crippen LogP contribution in [0.3, 0.4) is 0 Å². The molecule has 2 atom stereocenters. The minimum atomic E-state index is -0.551. The molecule has 4 aromatic rings. The number of H-pyrrole nitrogens is 1. The highest BCUT2D eigenvalue weighted by Crippen LogP contribution is 2.33. The third-order valence-corrected chi connectivity index (χ3v) is 5.42. The predicted octanol–water partition coefficient (Wildman–Crippen LogP) is 3.78. The van der Waals surface area contributed by atoms with Crippen molar-refractivity contribution in [3.05, 3.63) is 72.6 Å². The summed E-state index contributed by atoms with van der Waals surface area (Å²) in [5.41, 5.74) is 2.41. The van der Waals surface area contributed by atoms with Crippen LogP contribution in [0, 0.1) is 5.82 Å². The summed E-state index contributed by atoms with van der Waals surface area (Å²) in [6.07, 6.45) is 3.19. The number of imidazole rings is 1. The lowest BCUT2D eigenvalue weighted by atomic mass is 10.0. The Balaban J connectivity index is 1.58. The maximum absolute atomic E-state index is 14.6. The molecule has 2 aromatic heterocycles. The average molecular weight is 417 g/mol. The van der Waals surface area contributed by atoms with Crippen LogP contribution in [0.25, 0.3) is 11.2 Å². The first-order valence-electron chi connectivity index (χ1n) is 10.0. The molecule has 3 heterocycles. The van der Waals surface area contributed by atoms with Gasteiger partial charge in [0.25, 0.3) is 5.91 Å². The van der Waals surface area contributed by atoms with Crippen LogP contribution >= 0.6 is 0 Å². The van der Waals surface area contributed by atoms with Gasteiger partial charge in [0.15, 0.2) is 11.5 Å². The third kappa shape index (κ3) is 3.24. The maximum Gasteiger partial charge on any atom is 0.265 e. The van der Waals surface area contributed by atoms with Crippen molar-refractivity contribution in [2.45, 2.75) is 25.6 Å². The number of fused-ring (bicyclic) bond motifs is 2. The molecule has 0 saturated carbocycles. The number of hydrogen-bond donors (Lipinski definition) is 3. The largest absolute Gasteiger partial charge is 0.362 e. The molecule has 8 nitrogen and oxygen atoms in total. The molecule has 1 aliphatic heterocycles. The molecule has 2 unspecified atom stereocenters. The summed E-state index contributed by atoms with van der Waals surface area (Å²) >= 11 is 0. The number of amides is 1. The number of nitrogens with one attached hydrogen (secondary N) is 3. The molecule has 2 aromatic carbocycles. The number of anilines is 3. The summed E-state index contributed by atoms with van der Waals surface area (Å²) in [5.74, 6) is -0.384. The van der Waals surface area contributed by atoms with E-state index in [4.69, 9.17) is 0 Å². The number of carbonyl (C=O) groups is 1. The molecule has 5 rings (SSSR count). The van der Waals surface area contributed by atoms with Crippen molar-refractivity contribution < 1.29 is 9.18 Å². The molecular weight excluding hydrogens is 397 g/mol. The lowest BCUT2D eigenvalue weighted by Crippen LogP contribution is -2.57. The van der Waals surface area contributed by atoms with Crippen LogP contribution in [0.5, 0.6) is 0 Å². The monoisotopic (exact) mass is 417 g/mol. The van der Waals surface area contributed by atoms with Crippen LogP contribution in [0.15, 0.2) is 61.2 Å². The molecule has 31 heavy (non-hydrogen) atoms. The van der Waals surface area contributed by atoms with Crippen LogP contribution in [-0.2, 0) is 0 Å². The SMILES string of the molecule is CCC(Nc1ncnc2[nH]cnc12)C1Nc2cccc(F)c2C(=O)N1c1ccccc1. The van der Waals surface area contributed by atoms with Crippen LogP contribution in [-0.4, -0.2) is 38.1 Å². The lowest BCUT2D eigenvalue weighted by molar-refractivity contribution is 0.0968. The third-order valence-electron chi connectivity index (χ3n) is 5.42. The summed E-state index contributed by atoms with van der Waals surface area (Å²) in [7, 11) is 0. The summed E-state index contributed by atoms with van der Waals surface area (Å²) in [4.78, 5) is 30.8. The fourth-order valence-electron chi connectivity index (χ4n) is 3.93. The Morgan fingerprint density at radius 3 is 2.77 bits per heavy atom. The van der Waals surface area contributed by atoms with Crippen molar-refractivity contribution in [2.75, 3.05) is 15.5 Å². The molecule has 0 bridgehead atoms. The van der Waals surface area contributed by atoms with Gasteiger partial charge in [0.1, 0.15) is 23.8 Å². The van der Waals surface area contributed by atoms with Gasteiger partial charge in [-0.3, -0.25) is 9.69 Å². The number of para-hydroxylation sites is 1. The number of rotatable bonds is 5. The zero-order valence-corrected chi connectivity index (χ0v) is 16.7. The highest BCUT2D eigenvalue weighted by atomic mass is 19.1. The zero-order chi connectivity index (χ0) is 21.4. The van der Waals surface area contributed by atoms with E-state index in [0.717, 1.165) is 0 Å². The van der Waals surface area contributed by atoms with E-state index in [0.29, 0.717) is 34.8 Å². The van der Waals surface area contributed by atoms with E-state index in [9.17, 15) is 9.18 Å². The second-order valence-electron chi connectivity index (χ2n) is 7.24. The van der Waals surface area contributed by atoms with E-state index in [2.05, 4.69) is 30.6 Å². The number of carbonyl (C=O) groups excluding carboxylic acids is 1. The minimum Gasteiger partial charge on any atom is -0.362 e. The first-order chi connectivity index (χ1) is 15.2. The molecular formula is C22H20FN7O. The predicted molar refractivity (Wildman–Crippen MR) is 116 cm³/mol. The Kier molecular flexibility index (Phi) is 4.70. The van der Waals surface area contributed by atoms with Crippen LogP contribution in [0.4, 0.5) is 21.6 Å². The number of nitrogens with zero attached hydrogens (tertiary/aromatic N) is 4. The topological polar surface area (TPSA) is 98.8 Å². The van der Waals surface area contributed by atoms with Gasteiger partial charge in [-0.05, 0) is 30.7 Å². The number of aromatic amines is 1. The number of aromatic nitrogens is 4. The van der Waals surface area contributed by atoms with Gasteiger partial charge in [0, 0.05) is 5.69 Å². The van der Waals surface area contributed by atoms with Crippen molar-refractivity contribution >= 4 is 34.3 Å². The van der Waals surface area contributed by atoms with Crippen LogP contribution < -0.4 is 15.5 Å². The first kappa shape index (κ1) is 19.0. The first-order valence-corrected chi connectivity index (χ1v) is 10.0. The van der Waals surface area contributed by atoms with Gasteiger partial charge < -0.3 is 15.6 Å². The molecule has 0 aliphatic carbocycles. The van der Waals surface area contributed by atoms with Gasteiger partial charge in [-0.1, -0.05) is 31.2 Å². The average Bonchev–Trinajstić information content (AvgIpc) is 3.27. The molecule has 0 saturated heterocycles. The number of halogens is 1. The summed E-state index contributed by atoms with van der Waals surface area (Å²) in [6.45, 7) is 2.01. The van der Waals surface area contributed by atoms with Crippen molar-refractivity contribution in [1.82, 2.24) is 19.9 Å². The number of benzene rings is 2. The summed E-state index contributed by atoms with van der Waals surface area (Å²) < 4.78 is 14.6. The minimum absolute atomic E-state index is 0.0363. The molecule has 9 heteroatoms. The standard InChI is InChI=1S/C22H20FN7O/c1-2-15(28-20-18-19(25-11-24-18)26-12-27-20)21-29-16-10-6-9-14(23)17(16)22(31)30(21)13-7-4-3-5-8-13/h3-12,15,21,29H,2H2,1H3,(H2,24,25,26,27,28). The fraction of sp³-hybridized carbons (Fsp3) is 0.182. The maximum atomic E-state index is 14.6. The fourth-order valence-corrected chi connectivity index (χ4v) is 3.93. The Bertz CT molecular complexity index is 1240. The Morgan fingerprint density at radius 2 is 1.97 bits per heavy atom. The lowest BCUT2D eigenvalue weighted by Gasteiger charge is -2.42. The molecule has 0 spiro atoms. The highest BCUT2D eigenvalue weighted by Gasteiger charge is 2.39. The van der Waals surface area contributed by atoms with E-state index in [1.807, 2.05) is 37.3 Å². The van der Waals surface area contributed by atoms with E-state index in [1.165, 1.54) is 12.4 Å². The van der Waals surface area contributed by atoms with Gasteiger partial charge in [0.2, 0.25) is 0 Å². The summed E-state index contributed by atoms with van der Waals surface area (Å²) in [5, 5.41) is 6.77. The van der Waals surface area contributed by atoms with Crippen LogP contribution in [0.1, 0.15) is 23.7 Å². The molecule has 1 amide bonds. The van der Waals surface area contributed by atoms with E-state index < -0.39 is 17.9 Å². The zero-order valence-electron chi connectivity index (χ0n) is 16.7. The van der Waals surface area contributed by atoms with Crippen molar-refractivity contribution in [1.29, 1.82) is 0 Å². The Hall–Kier alpha value is -4.01. The normalized spacial score (nSPS) is 16.6. The van der Waals surface area contributed by atoms with E-state index >= 15 is 0 Å². The van der Waals surface area contributed by atoms with Crippen molar-refractivity contribution in [3.8, 4) is 0 Å². The molecule has 0 radical (unpaired) electrons. The Morgan fingerprint density at radius 1 is 1.13 bits per heavy atom. The van der Waals surface area contributed by atoms with Gasteiger partial charge in [-0.25, -0.2) is 19.3 Å². The van der Waals surface area contributed by atoms with Gasteiger partial charge >= 0.3 is 0 Å². The molecule has 0 fully saturated rings. The quantitative estimate of drug-likeness (QED) is 0.457. The van der Waals surface area contributed by atoms with E-state index in [1.54, 1.807) is 23.4 Å². The van der Waals surface area contributed by atoms with Crippen LogP contribution in [0.2, 0.25) is 0 Å². The number of hydrogen-bond acceptors (Lipinski definition) is 6. The van der Waals surface area contributed by atoms with Gasteiger partial charge in [0.05, 0.1) is 23.6 Å². The molecule has 3 N–H and O–H groups in total.